The van der Waals surface area contributed by atoms with Gasteiger partial charge in [-0.05, 0) is 66.1 Å². The molecule has 0 spiro atoms. The summed E-state index contributed by atoms with van der Waals surface area (Å²) in [5.41, 5.74) is 5.41. The van der Waals surface area contributed by atoms with Crippen molar-refractivity contribution in [3.63, 3.8) is 0 Å². The summed E-state index contributed by atoms with van der Waals surface area (Å²) in [6.07, 6.45) is 1.57. The maximum atomic E-state index is 12.0. The SMILES string of the molecule is CCOc1cc(/C=N\NC(=O)CSCc2ccc(Cl)cc2)ccc1OCc1cccc(Cl)c1. The Morgan fingerprint density at radius 1 is 0.970 bits per heavy atom. The van der Waals surface area contributed by atoms with Crippen molar-refractivity contribution in [3.8, 4) is 11.5 Å². The number of carbonyl (C=O) groups is 1. The molecule has 0 aliphatic carbocycles. The average Bonchev–Trinajstić information content (AvgIpc) is 2.80. The van der Waals surface area contributed by atoms with Crippen LogP contribution < -0.4 is 14.9 Å². The van der Waals surface area contributed by atoms with Crippen LogP contribution in [-0.2, 0) is 17.2 Å². The number of amides is 1. The van der Waals surface area contributed by atoms with Crippen molar-refractivity contribution in [2.75, 3.05) is 12.4 Å². The van der Waals surface area contributed by atoms with Crippen molar-refractivity contribution in [2.24, 2.45) is 5.10 Å². The van der Waals surface area contributed by atoms with E-state index in [0.717, 1.165) is 22.4 Å². The van der Waals surface area contributed by atoms with Crippen molar-refractivity contribution in [3.05, 3.63) is 93.5 Å². The van der Waals surface area contributed by atoms with E-state index in [4.69, 9.17) is 32.7 Å². The second kappa shape index (κ2) is 13.1. The molecule has 0 atom stereocenters. The topological polar surface area (TPSA) is 59.9 Å². The standard InChI is InChI=1S/C25H24Cl2N2O3S/c1-2-31-24-13-19(8-11-23(24)32-15-20-4-3-5-22(27)12-20)14-28-29-25(30)17-33-16-18-6-9-21(26)10-7-18/h3-14H,2,15-17H2,1H3,(H,29,30)/b28-14-. The maximum absolute atomic E-state index is 12.0. The summed E-state index contributed by atoms with van der Waals surface area (Å²) in [5.74, 6) is 2.09. The molecule has 0 fully saturated rings. The number of hydrazone groups is 1. The average molecular weight is 503 g/mol. The van der Waals surface area contributed by atoms with E-state index in [0.29, 0.717) is 40.5 Å². The molecule has 3 aromatic carbocycles. The number of benzene rings is 3. The van der Waals surface area contributed by atoms with Crippen molar-refractivity contribution >= 4 is 47.1 Å². The van der Waals surface area contributed by atoms with Crippen LogP contribution in [0.3, 0.4) is 0 Å². The van der Waals surface area contributed by atoms with Crippen LogP contribution in [0.15, 0.2) is 71.8 Å². The molecule has 33 heavy (non-hydrogen) atoms. The Morgan fingerprint density at radius 3 is 2.55 bits per heavy atom. The molecule has 0 heterocycles. The molecule has 8 heteroatoms. The number of ether oxygens (including phenoxy) is 2. The highest BCUT2D eigenvalue weighted by molar-refractivity contribution is 7.99. The summed E-state index contributed by atoms with van der Waals surface area (Å²) in [5, 5.41) is 5.41. The first-order valence-corrected chi connectivity index (χ1v) is 12.2. The van der Waals surface area contributed by atoms with E-state index in [-0.39, 0.29) is 5.91 Å². The second-order valence-corrected chi connectivity index (χ2v) is 8.83. The van der Waals surface area contributed by atoms with E-state index >= 15 is 0 Å². The van der Waals surface area contributed by atoms with Gasteiger partial charge in [0.25, 0.3) is 0 Å². The Balaban J connectivity index is 1.50. The Kier molecular flexibility index (Phi) is 9.94. The predicted molar refractivity (Wildman–Crippen MR) is 137 cm³/mol. The van der Waals surface area contributed by atoms with Gasteiger partial charge in [0.2, 0.25) is 5.91 Å². The molecule has 0 aliphatic rings. The van der Waals surface area contributed by atoms with Gasteiger partial charge in [-0.1, -0.05) is 47.5 Å². The molecule has 0 unspecified atom stereocenters. The highest BCUT2D eigenvalue weighted by Crippen LogP contribution is 2.29. The molecule has 5 nitrogen and oxygen atoms in total. The number of nitrogens with zero attached hydrogens (tertiary/aromatic N) is 1. The number of halogens is 2. The highest BCUT2D eigenvalue weighted by atomic mass is 35.5. The van der Waals surface area contributed by atoms with E-state index in [9.17, 15) is 4.79 Å². The molecule has 3 rings (SSSR count). The van der Waals surface area contributed by atoms with Crippen LogP contribution in [0.1, 0.15) is 23.6 Å². The lowest BCUT2D eigenvalue weighted by molar-refractivity contribution is -0.118. The number of carbonyl (C=O) groups excluding carboxylic acids is 1. The molecule has 172 valence electrons. The fraction of sp³-hybridized carbons (Fsp3) is 0.200. The Bertz CT molecular complexity index is 1090. The first-order valence-electron chi connectivity index (χ1n) is 10.3. The van der Waals surface area contributed by atoms with Gasteiger partial charge in [-0.2, -0.15) is 5.10 Å². The van der Waals surface area contributed by atoms with Gasteiger partial charge in [0, 0.05) is 15.8 Å². The number of thioether (sulfide) groups is 1. The monoisotopic (exact) mass is 502 g/mol. The van der Waals surface area contributed by atoms with Crippen LogP contribution in [0.25, 0.3) is 0 Å². The van der Waals surface area contributed by atoms with E-state index < -0.39 is 0 Å². The zero-order valence-electron chi connectivity index (χ0n) is 18.1. The van der Waals surface area contributed by atoms with Gasteiger partial charge < -0.3 is 9.47 Å². The third-order valence-electron chi connectivity index (χ3n) is 4.37. The molecular formula is C25H24Cl2N2O3S. The molecule has 0 bridgehead atoms. The lowest BCUT2D eigenvalue weighted by Crippen LogP contribution is -2.19. The quantitative estimate of drug-likeness (QED) is 0.245. The van der Waals surface area contributed by atoms with E-state index in [1.54, 1.807) is 6.21 Å². The molecule has 1 N–H and O–H groups in total. The minimum atomic E-state index is -0.170. The summed E-state index contributed by atoms with van der Waals surface area (Å²) in [7, 11) is 0. The van der Waals surface area contributed by atoms with E-state index in [1.165, 1.54) is 11.8 Å². The van der Waals surface area contributed by atoms with Gasteiger partial charge >= 0.3 is 0 Å². The molecule has 1 amide bonds. The zero-order valence-corrected chi connectivity index (χ0v) is 20.4. The lowest BCUT2D eigenvalue weighted by Gasteiger charge is -2.12. The first kappa shape index (κ1) is 25.0. The minimum Gasteiger partial charge on any atom is -0.490 e. The van der Waals surface area contributed by atoms with Crippen LogP contribution in [-0.4, -0.2) is 24.5 Å². The van der Waals surface area contributed by atoms with Crippen LogP contribution in [0.5, 0.6) is 11.5 Å². The van der Waals surface area contributed by atoms with E-state index in [1.807, 2.05) is 73.7 Å². The summed E-state index contributed by atoms with van der Waals surface area (Å²) in [6, 6.07) is 20.6. The summed E-state index contributed by atoms with van der Waals surface area (Å²) >= 11 is 13.4. The largest absolute Gasteiger partial charge is 0.490 e. The lowest BCUT2D eigenvalue weighted by atomic mass is 10.2. The molecule has 0 aromatic heterocycles. The van der Waals surface area contributed by atoms with Gasteiger partial charge in [-0.3, -0.25) is 4.79 Å². The van der Waals surface area contributed by atoms with Crippen LogP contribution in [0, 0.1) is 0 Å². The fourth-order valence-corrected chi connectivity index (χ4v) is 3.95. The number of nitrogens with one attached hydrogen (secondary N) is 1. The maximum Gasteiger partial charge on any atom is 0.250 e. The van der Waals surface area contributed by atoms with Gasteiger partial charge in [-0.15, -0.1) is 11.8 Å². The van der Waals surface area contributed by atoms with Crippen molar-refractivity contribution < 1.29 is 14.3 Å². The van der Waals surface area contributed by atoms with Crippen molar-refractivity contribution in [1.29, 1.82) is 0 Å². The summed E-state index contributed by atoms with van der Waals surface area (Å²) in [4.78, 5) is 12.0. The Labute approximate surface area is 208 Å². The zero-order chi connectivity index (χ0) is 23.5. The highest BCUT2D eigenvalue weighted by Gasteiger charge is 2.07. The Morgan fingerprint density at radius 2 is 1.79 bits per heavy atom. The Hall–Kier alpha value is -2.67. The van der Waals surface area contributed by atoms with Crippen LogP contribution >= 0.6 is 35.0 Å². The number of rotatable bonds is 11. The number of hydrogen-bond donors (Lipinski definition) is 1. The predicted octanol–water partition coefficient (Wildman–Crippen LogP) is 6.35. The molecule has 0 aliphatic heterocycles. The third kappa shape index (κ3) is 8.65. The van der Waals surface area contributed by atoms with Crippen molar-refractivity contribution in [1.82, 2.24) is 5.43 Å². The molecule has 0 saturated carbocycles. The first-order chi connectivity index (χ1) is 16.0. The van der Waals surface area contributed by atoms with Gasteiger partial charge in [0.1, 0.15) is 6.61 Å². The summed E-state index contributed by atoms with van der Waals surface area (Å²) < 4.78 is 11.6. The minimum absolute atomic E-state index is 0.170. The molecule has 0 saturated heterocycles. The van der Waals surface area contributed by atoms with Gasteiger partial charge in [0.15, 0.2) is 11.5 Å². The molecule has 0 radical (unpaired) electrons. The molecular weight excluding hydrogens is 479 g/mol. The third-order valence-corrected chi connectivity index (χ3v) is 5.86. The van der Waals surface area contributed by atoms with Gasteiger partial charge in [-0.25, -0.2) is 5.43 Å². The molecule has 3 aromatic rings. The van der Waals surface area contributed by atoms with Crippen molar-refractivity contribution in [2.45, 2.75) is 19.3 Å². The summed E-state index contributed by atoms with van der Waals surface area (Å²) in [6.45, 7) is 2.77. The van der Waals surface area contributed by atoms with Crippen LogP contribution in [0.4, 0.5) is 0 Å². The second-order valence-electron chi connectivity index (χ2n) is 6.97. The normalized spacial score (nSPS) is 10.9. The van der Waals surface area contributed by atoms with Crippen LogP contribution in [0.2, 0.25) is 10.0 Å². The fourth-order valence-electron chi connectivity index (χ4n) is 2.83. The van der Waals surface area contributed by atoms with Gasteiger partial charge in [0.05, 0.1) is 18.6 Å². The van der Waals surface area contributed by atoms with E-state index in [2.05, 4.69) is 10.5 Å². The smallest absolute Gasteiger partial charge is 0.250 e. The number of hydrogen-bond acceptors (Lipinski definition) is 5.